The van der Waals surface area contributed by atoms with Crippen LogP contribution in [-0.4, -0.2) is 11.1 Å². The van der Waals surface area contributed by atoms with Gasteiger partial charge in [0.15, 0.2) is 0 Å². The van der Waals surface area contributed by atoms with Crippen molar-refractivity contribution in [2.45, 2.75) is 12.8 Å². The van der Waals surface area contributed by atoms with Crippen LogP contribution in [0.4, 0.5) is 0 Å². The summed E-state index contributed by atoms with van der Waals surface area (Å²) in [7, 11) is 0. The van der Waals surface area contributed by atoms with Crippen LogP contribution >= 0.6 is 15.9 Å². The molecule has 0 amide bonds. The molecule has 2 rings (SSSR count). The van der Waals surface area contributed by atoms with Gasteiger partial charge in [-0.3, -0.25) is 4.79 Å². The number of hydrogen-bond donors (Lipinski definition) is 1. The van der Waals surface area contributed by atoms with E-state index in [0.29, 0.717) is 11.1 Å². The van der Waals surface area contributed by atoms with Gasteiger partial charge in [-0.2, -0.15) is 0 Å². The summed E-state index contributed by atoms with van der Waals surface area (Å²) in [6, 6.07) is 5.58. The Morgan fingerprint density at radius 1 is 1.53 bits per heavy atom. The van der Waals surface area contributed by atoms with E-state index >= 15 is 0 Å². The van der Waals surface area contributed by atoms with Gasteiger partial charge in [0.05, 0.1) is 16.7 Å². The lowest BCUT2D eigenvalue weighted by Gasteiger charge is -2.02. The van der Waals surface area contributed by atoms with Gasteiger partial charge in [-0.15, -0.1) is 0 Å². The van der Waals surface area contributed by atoms with Crippen molar-refractivity contribution in [3.8, 4) is 0 Å². The molecule has 1 atom stereocenters. The van der Waals surface area contributed by atoms with Crippen molar-refractivity contribution in [2.75, 3.05) is 0 Å². The molecule has 0 aliphatic carbocycles. The van der Waals surface area contributed by atoms with E-state index in [1.807, 2.05) is 18.2 Å². The minimum absolute atomic E-state index is 0.555. The molecule has 4 heteroatoms. The van der Waals surface area contributed by atoms with Crippen molar-refractivity contribution in [3.63, 3.8) is 0 Å². The van der Waals surface area contributed by atoms with E-state index in [-0.39, 0.29) is 0 Å². The normalized spacial score (nSPS) is 12.9. The summed E-state index contributed by atoms with van der Waals surface area (Å²) in [5.41, 5.74) is 1.40. The Labute approximate surface area is 94.8 Å². The highest BCUT2D eigenvalue weighted by atomic mass is 79.9. The summed E-state index contributed by atoms with van der Waals surface area (Å²) < 4.78 is 6.18. The maximum absolute atomic E-state index is 10.9. The van der Waals surface area contributed by atoms with Gasteiger partial charge >= 0.3 is 5.97 Å². The molecule has 0 saturated heterocycles. The van der Waals surface area contributed by atoms with E-state index in [9.17, 15) is 4.79 Å². The van der Waals surface area contributed by atoms with Crippen molar-refractivity contribution in [1.82, 2.24) is 0 Å². The molecule has 1 aromatic carbocycles. The van der Waals surface area contributed by atoms with Crippen molar-refractivity contribution >= 4 is 32.9 Å². The fraction of sp³-hybridized carbons (Fsp3) is 0.182. The third-order valence-corrected chi connectivity index (χ3v) is 3.04. The smallest absolute Gasteiger partial charge is 0.310 e. The molecular weight excluding hydrogens is 260 g/mol. The van der Waals surface area contributed by atoms with E-state index in [2.05, 4.69) is 15.9 Å². The van der Waals surface area contributed by atoms with Crippen LogP contribution in [0.25, 0.3) is 11.0 Å². The zero-order valence-corrected chi connectivity index (χ0v) is 9.61. The Kier molecular flexibility index (Phi) is 2.52. The van der Waals surface area contributed by atoms with E-state index in [1.54, 1.807) is 6.92 Å². The molecule has 2 aromatic rings. The van der Waals surface area contributed by atoms with Crippen molar-refractivity contribution < 1.29 is 14.3 Å². The Bertz CT molecular complexity index is 516. The van der Waals surface area contributed by atoms with Gasteiger partial charge < -0.3 is 9.52 Å². The summed E-state index contributed by atoms with van der Waals surface area (Å²) in [5.74, 6) is -1.40. The summed E-state index contributed by atoms with van der Waals surface area (Å²) in [6.07, 6.45) is 1.51. The number of para-hydroxylation sites is 1. The largest absolute Gasteiger partial charge is 0.481 e. The molecule has 0 fully saturated rings. The molecule has 0 radical (unpaired) electrons. The third-order valence-electron chi connectivity index (χ3n) is 2.42. The Balaban J connectivity index is 2.64. The van der Waals surface area contributed by atoms with Crippen LogP contribution in [0.2, 0.25) is 0 Å². The number of hydrogen-bond acceptors (Lipinski definition) is 2. The lowest BCUT2D eigenvalue weighted by molar-refractivity contribution is -0.138. The molecule has 15 heavy (non-hydrogen) atoms. The van der Waals surface area contributed by atoms with Gasteiger partial charge in [-0.25, -0.2) is 0 Å². The van der Waals surface area contributed by atoms with Gasteiger partial charge in [0.1, 0.15) is 5.58 Å². The molecule has 1 aromatic heterocycles. The number of aliphatic carboxylic acids is 1. The second-order valence-corrected chi connectivity index (χ2v) is 4.22. The van der Waals surface area contributed by atoms with Gasteiger partial charge in [-0.05, 0) is 28.9 Å². The quantitative estimate of drug-likeness (QED) is 0.909. The molecule has 1 N–H and O–H groups in total. The SMILES string of the molecule is CC(C(=O)O)c1coc2c(Br)cccc12. The van der Waals surface area contributed by atoms with Crippen molar-refractivity contribution in [1.29, 1.82) is 0 Å². The van der Waals surface area contributed by atoms with Gasteiger partial charge in [-0.1, -0.05) is 12.1 Å². The van der Waals surface area contributed by atoms with E-state index in [4.69, 9.17) is 9.52 Å². The molecular formula is C11H9BrO3. The Hall–Kier alpha value is -1.29. The predicted molar refractivity (Wildman–Crippen MR) is 60.0 cm³/mol. The Morgan fingerprint density at radius 3 is 2.93 bits per heavy atom. The average molecular weight is 269 g/mol. The van der Waals surface area contributed by atoms with Crippen LogP contribution in [0.15, 0.2) is 33.4 Å². The lowest BCUT2D eigenvalue weighted by atomic mass is 10.0. The maximum atomic E-state index is 10.9. The fourth-order valence-corrected chi connectivity index (χ4v) is 1.97. The molecule has 0 bridgehead atoms. The first-order valence-corrected chi connectivity index (χ1v) is 5.29. The number of carboxylic acids is 1. The molecule has 3 nitrogen and oxygen atoms in total. The lowest BCUT2D eigenvalue weighted by Crippen LogP contribution is -2.06. The fourth-order valence-electron chi connectivity index (χ4n) is 1.51. The van der Waals surface area contributed by atoms with Crippen LogP contribution in [0.5, 0.6) is 0 Å². The van der Waals surface area contributed by atoms with E-state index in [0.717, 1.165) is 9.86 Å². The molecule has 1 heterocycles. The summed E-state index contributed by atoms with van der Waals surface area (Å²) in [5, 5.41) is 9.78. The minimum Gasteiger partial charge on any atom is -0.481 e. The molecule has 0 aliphatic rings. The number of benzene rings is 1. The highest BCUT2D eigenvalue weighted by Crippen LogP contribution is 2.32. The number of carbonyl (C=O) groups is 1. The number of fused-ring (bicyclic) bond motifs is 1. The second kappa shape index (κ2) is 3.70. The monoisotopic (exact) mass is 268 g/mol. The standard InChI is InChI=1S/C11H9BrO3/c1-6(11(13)14)8-5-15-10-7(8)3-2-4-9(10)12/h2-6H,1H3,(H,13,14). The summed E-state index contributed by atoms with van der Waals surface area (Å²) >= 11 is 3.36. The van der Waals surface area contributed by atoms with E-state index < -0.39 is 11.9 Å². The number of rotatable bonds is 2. The van der Waals surface area contributed by atoms with E-state index in [1.165, 1.54) is 6.26 Å². The molecule has 0 saturated carbocycles. The van der Waals surface area contributed by atoms with Gasteiger partial charge in [0.2, 0.25) is 0 Å². The van der Waals surface area contributed by atoms with Crippen LogP contribution in [0.1, 0.15) is 18.4 Å². The highest BCUT2D eigenvalue weighted by molar-refractivity contribution is 9.10. The summed E-state index contributed by atoms with van der Waals surface area (Å²) in [6.45, 7) is 1.65. The zero-order valence-electron chi connectivity index (χ0n) is 8.03. The highest BCUT2D eigenvalue weighted by Gasteiger charge is 2.19. The molecule has 1 unspecified atom stereocenters. The summed E-state index contributed by atoms with van der Waals surface area (Å²) in [4.78, 5) is 10.9. The second-order valence-electron chi connectivity index (χ2n) is 3.37. The first-order chi connectivity index (χ1) is 7.11. The molecule has 78 valence electrons. The van der Waals surface area contributed by atoms with Crippen LogP contribution in [0, 0.1) is 0 Å². The molecule has 0 aliphatic heterocycles. The third kappa shape index (κ3) is 1.65. The predicted octanol–water partition coefficient (Wildman–Crippen LogP) is 3.38. The van der Waals surface area contributed by atoms with Crippen LogP contribution in [0.3, 0.4) is 0 Å². The Morgan fingerprint density at radius 2 is 2.27 bits per heavy atom. The first-order valence-electron chi connectivity index (χ1n) is 4.49. The van der Waals surface area contributed by atoms with Crippen LogP contribution in [-0.2, 0) is 4.79 Å². The number of halogens is 1. The zero-order chi connectivity index (χ0) is 11.0. The first kappa shape index (κ1) is 10.2. The number of furan rings is 1. The van der Waals surface area contributed by atoms with Gasteiger partial charge in [0, 0.05) is 10.9 Å². The topological polar surface area (TPSA) is 50.4 Å². The average Bonchev–Trinajstić information content (AvgIpc) is 2.61. The van der Waals surface area contributed by atoms with Crippen LogP contribution < -0.4 is 0 Å². The number of carboxylic acid groups (broad SMARTS) is 1. The maximum Gasteiger partial charge on any atom is 0.310 e. The van der Waals surface area contributed by atoms with Gasteiger partial charge in [0.25, 0.3) is 0 Å². The minimum atomic E-state index is -0.849. The van der Waals surface area contributed by atoms with Crippen molar-refractivity contribution in [2.24, 2.45) is 0 Å². The molecule has 0 spiro atoms. The van der Waals surface area contributed by atoms with Crippen molar-refractivity contribution in [3.05, 3.63) is 34.5 Å².